The van der Waals surface area contributed by atoms with Gasteiger partial charge in [0.15, 0.2) is 0 Å². The molecule has 1 rings (SSSR count). The Kier molecular flexibility index (Phi) is 5.67. The number of halogens is 1. The fourth-order valence-corrected chi connectivity index (χ4v) is 2.29. The highest BCUT2D eigenvalue weighted by Crippen LogP contribution is 2.20. The Balaban J connectivity index is 2.50. The lowest BCUT2D eigenvalue weighted by molar-refractivity contribution is -0.137. The Hall–Kier alpha value is -1.53. The molecule has 0 aliphatic heterocycles. The molecular formula is C11H13ClN2O3S. The Morgan fingerprint density at radius 3 is 2.78 bits per heavy atom. The van der Waals surface area contributed by atoms with Crippen LogP contribution in [0.3, 0.4) is 0 Å². The van der Waals surface area contributed by atoms with E-state index in [0.717, 1.165) is 9.78 Å². The van der Waals surface area contributed by atoms with Crippen molar-refractivity contribution in [3.8, 4) is 0 Å². The third kappa shape index (κ3) is 4.77. The molecule has 2 amide bonds. The predicted octanol–water partition coefficient (Wildman–Crippen LogP) is 2.18. The van der Waals surface area contributed by atoms with Gasteiger partial charge < -0.3 is 15.3 Å². The molecular weight excluding hydrogens is 276 g/mol. The molecule has 0 fully saturated rings. The molecule has 1 aromatic rings. The van der Waals surface area contributed by atoms with E-state index in [1.54, 1.807) is 6.07 Å². The van der Waals surface area contributed by atoms with Crippen LogP contribution in [0.4, 0.5) is 4.79 Å². The molecule has 0 saturated heterocycles. The van der Waals surface area contributed by atoms with E-state index in [0.29, 0.717) is 10.9 Å². The van der Waals surface area contributed by atoms with Crippen LogP contribution in [-0.2, 0) is 11.3 Å². The summed E-state index contributed by atoms with van der Waals surface area (Å²) in [7, 11) is 0. The minimum atomic E-state index is -1.06. The molecule has 7 heteroatoms. The van der Waals surface area contributed by atoms with Gasteiger partial charge in [-0.1, -0.05) is 17.7 Å². The second-order valence-corrected chi connectivity index (χ2v) is 5.23. The van der Waals surface area contributed by atoms with E-state index in [2.05, 4.69) is 11.9 Å². The number of nitrogens with one attached hydrogen (secondary N) is 1. The Morgan fingerprint density at radius 2 is 2.28 bits per heavy atom. The monoisotopic (exact) mass is 288 g/mol. The predicted molar refractivity (Wildman–Crippen MR) is 71.0 cm³/mol. The average Bonchev–Trinajstić information content (AvgIpc) is 2.71. The number of carbonyl (C=O) groups is 2. The standard InChI is InChI=1S/C11H13ClN2O3S/c1-2-5-14(7-10(15)16)11(17)13-6-8-3-4-9(12)18-8/h2-4H,1,5-7H2,(H,13,17)(H,15,16). The van der Waals surface area contributed by atoms with E-state index in [9.17, 15) is 9.59 Å². The van der Waals surface area contributed by atoms with Crippen LogP contribution in [0.1, 0.15) is 4.88 Å². The zero-order valence-electron chi connectivity index (χ0n) is 9.56. The van der Waals surface area contributed by atoms with Crippen molar-refractivity contribution in [1.29, 1.82) is 0 Å². The summed E-state index contributed by atoms with van der Waals surface area (Å²) in [6.45, 7) is 3.63. The normalized spacial score (nSPS) is 9.83. The number of thiophene rings is 1. The molecule has 5 nitrogen and oxygen atoms in total. The summed E-state index contributed by atoms with van der Waals surface area (Å²) in [6.07, 6.45) is 1.48. The third-order valence-electron chi connectivity index (χ3n) is 2.01. The highest BCUT2D eigenvalue weighted by Gasteiger charge is 2.14. The van der Waals surface area contributed by atoms with Crippen molar-refractivity contribution in [1.82, 2.24) is 10.2 Å². The molecule has 0 aromatic carbocycles. The first kappa shape index (κ1) is 14.5. The highest BCUT2D eigenvalue weighted by atomic mass is 35.5. The summed E-state index contributed by atoms with van der Waals surface area (Å²) in [5.41, 5.74) is 0. The summed E-state index contributed by atoms with van der Waals surface area (Å²) in [4.78, 5) is 24.4. The lowest BCUT2D eigenvalue weighted by atomic mass is 10.4. The zero-order chi connectivity index (χ0) is 13.5. The van der Waals surface area contributed by atoms with E-state index in [-0.39, 0.29) is 13.1 Å². The summed E-state index contributed by atoms with van der Waals surface area (Å²) in [5.74, 6) is -1.06. The van der Waals surface area contributed by atoms with Gasteiger partial charge in [-0.3, -0.25) is 4.79 Å². The molecule has 0 spiro atoms. The lowest BCUT2D eigenvalue weighted by Gasteiger charge is -2.19. The number of hydrogen-bond donors (Lipinski definition) is 2. The Labute approximate surface area is 114 Å². The number of carbonyl (C=O) groups excluding carboxylic acids is 1. The SMILES string of the molecule is C=CCN(CC(=O)O)C(=O)NCc1ccc(Cl)s1. The maximum Gasteiger partial charge on any atom is 0.323 e. The van der Waals surface area contributed by atoms with Crippen molar-refractivity contribution in [3.05, 3.63) is 34.0 Å². The van der Waals surface area contributed by atoms with Crippen LogP contribution in [0.25, 0.3) is 0 Å². The number of aliphatic carboxylic acids is 1. The van der Waals surface area contributed by atoms with Crippen LogP contribution in [-0.4, -0.2) is 35.1 Å². The van der Waals surface area contributed by atoms with Gasteiger partial charge >= 0.3 is 12.0 Å². The minimum Gasteiger partial charge on any atom is -0.480 e. The molecule has 1 heterocycles. The Morgan fingerprint density at radius 1 is 1.56 bits per heavy atom. The highest BCUT2D eigenvalue weighted by molar-refractivity contribution is 7.16. The van der Waals surface area contributed by atoms with Crippen molar-refractivity contribution >= 4 is 34.9 Å². The largest absolute Gasteiger partial charge is 0.480 e. The van der Waals surface area contributed by atoms with Crippen LogP contribution in [0.15, 0.2) is 24.8 Å². The Bertz CT molecular complexity index is 447. The van der Waals surface area contributed by atoms with Crippen LogP contribution < -0.4 is 5.32 Å². The average molecular weight is 289 g/mol. The van der Waals surface area contributed by atoms with Crippen LogP contribution in [0.5, 0.6) is 0 Å². The molecule has 1 aromatic heterocycles. The van der Waals surface area contributed by atoms with Crippen molar-refractivity contribution in [3.63, 3.8) is 0 Å². The van der Waals surface area contributed by atoms with Gasteiger partial charge in [0.1, 0.15) is 6.54 Å². The molecule has 0 atom stereocenters. The molecule has 2 N–H and O–H groups in total. The van der Waals surface area contributed by atoms with Gasteiger partial charge in [-0.15, -0.1) is 17.9 Å². The fourth-order valence-electron chi connectivity index (χ4n) is 1.26. The molecule has 0 aliphatic carbocycles. The van der Waals surface area contributed by atoms with Crippen molar-refractivity contribution in [2.45, 2.75) is 6.54 Å². The van der Waals surface area contributed by atoms with Gasteiger partial charge in [0.25, 0.3) is 0 Å². The zero-order valence-corrected chi connectivity index (χ0v) is 11.1. The molecule has 0 unspecified atom stereocenters. The fraction of sp³-hybridized carbons (Fsp3) is 0.273. The molecule has 18 heavy (non-hydrogen) atoms. The number of rotatable bonds is 6. The third-order valence-corrected chi connectivity index (χ3v) is 3.24. The summed E-state index contributed by atoms with van der Waals surface area (Å²) >= 11 is 7.13. The number of carboxylic acids is 1. The smallest absolute Gasteiger partial charge is 0.323 e. The maximum absolute atomic E-state index is 11.7. The van der Waals surface area contributed by atoms with Crippen molar-refractivity contribution in [2.24, 2.45) is 0 Å². The van der Waals surface area contributed by atoms with E-state index >= 15 is 0 Å². The van der Waals surface area contributed by atoms with Gasteiger partial charge in [-0.2, -0.15) is 0 Å². The van der Waals surface area contributed by atoms with Crippen molar-refractivity contribution < 1.29 is 14.7 Å². The first-order valence-electron chi connectivity index (χ1n) is 5.12. The van der Waals surface area contributed by atoms with Gasteiger partial charge in [0, 0.05) is 11.4 Å². The van der Waals surface area contributed by atoms with Crippen LogP contribution >= 0.6 is 22.9 Å². The molecule has 0 saturated carbocycles. The second-order valence-electron chi connectivity index (χ2n) is 3.43. The maximum atomic E-state index is 11.7. The number of hydrogen-bond acceptors (Lipinski definition) is 3. The molecule has 98 valence electrons. The summed E-state index contributed by atoms with van der Waals surface area (Å²) < 4.78 is 0.646. The first-order valence-corrected chi connectivity index (χ1v) is 6.32. The number of nitrogens with zero attached hydrogens (tertiary/aromatic N) is 1. The van der Waals surface area contributed by atoms with Crippen molar-refractivity contribution in [2.75, 3.05) is 13.1 Å². The summed E-state index contributed by atoms with van der Waals surface area (Å²) in [6, 6.07) is 3.11. The molecule has 0 bridgehead atoms. The topological polar surface area (TPSA) is 69.6 Å². The minimum absolute atomic E-state index is 0.184. The van der Waals surface area contributed by atoms with Crippen LogP contribution in [0, 0.1) is 0 Å². The van der Waals surface area contributed by atoms with Gasteiger partial charge in [0.05, 0.1) is 10.9 Å². The lowest BCUT2D eigenvalue weighted by Crippen LogP contribution is -2.42. The molecule has 0 aliphatic rings. The number of urea groups is 1. The van der Waals surface area contributed by atoms with E-state index in [1.807, 2.05) is 6.07 Å². The van der Waals surface area contributed by atoms with Gasteiger partial charge in [-0.05, 0) is 12.1 Å². The van der Waals surface area contributed by atoms with E-state index in [1.165, 1.54) is 17.4 Å². The van der Waals surface area contributed by atoms with Crippen LogP contribution in [0.2, 0.25) is 4.34 Å². The first-order chi connectivity index (χ1) is 8.52. The quantitative estimate of drug-likeness (QED) is 0.788. The van der Waals surface area contributed by atoms with Gasteiger partial charge in [-0.25, -0.2) is 4.79 Å². The van der Waals surface area contributed by atoms with E-state index in [4.69, 9.17) is 16.7 Å². The molecule has 0 radical (unpaired) electrons. The second kappa shape index (κ2) is 7.03. The van der Waals surface area contributed by atoms with Gasteiger partial charge in [0.2, 0.25) is 0 Å². The number of amides is 2. The number of carboxylic acid groups (broad SMARTS) is 1. The summed E-state index contributed by atoms with van der Waals surface area (Å²) in [5, 5.41) is 11.3. The van der Waals surface area contributed by atoms with E-state index < -0.39 is 12.0 Å².